The molecule has 5 N–H and O–H groups in total. The standard InChI is InChI=1S/C27H28ClN7/c28-23-7-3-4-20(12-23)17-31-26-33-25(30-16-19-10-8-18(15-29)9-11-19)34-27(35-26)32-24-13-21-5-1-2-6-22(21)14-24/h1-12,24H,13-17,29H2,(H3,30,31,32,33,34,35). The zero-order valence-electron chi connectivity index (χ0n) is 19.3. The van der Waals surface area contributed by atoms with Gasteiger partial charge in [-0.3, -0.25) is 0 Å². The summed E-state index contributed by atoms with van der Waals surface area (Å²) in [4.78, 5) is 13.9. The van der Waals surface area contributed by atoms with Crippen LogP contribution < -0.4 is 21.7 Å². The molecule has 0 radical (unpaired) electrons. The molecule has 5 rings (SSSR count). The van der Waals surface area contributed by atoms with Gasteiger partial charge < -0.3 is 21.7 Å². The third-order valence-electron chi connectivity index (χ3n) is 6.07. The molecule has 0 amide bonds. The predicted molar refractivity (Wildman–Crippen MR) is 142 cm³/mol. The number of hydrogen-bond acceptors (Lipinski definition) is 7. The number of nitrogens with zero attached hydrogens (tertiary/aromatic N) is 3. The van der Waals surface area contributed by atoms with Crippen LogP contribution in [0.15, 0.2) is 72.8 Å². The molecule has 0 fully saturated rings. The largest absolute Gasteiger partial charge is 0.351 e. The number of fused-ring (bicyclic) bond motifs is 1. The molecule has 3 aromatic carbocycles. The van der Waals surface area contributed by atoms with Gasteiger partial charge in [0.25, 0.3) is 0 Å². The van der Waals surface area contributed by atoms with Gasteiger partial charge in [0.05, 0.1) is 0 Å². The van der Waals surface area contributed by atoms with Crippen molar-refractivity contribution in [2.45, 2.75) is 38.5 Å². The lowest BCUT2D eigenvalue weighted by Gasteiger charge is -2.15. The molecule has 1 heterocycles. The smallest absolute Gasteiger partial charge is 0.229 e. The van der Waals surface area contributed by atoms with E-state index in [2.05, 4.69) is 67.3 Å². The van der Waals surface area contributed by atoms with Crippen LogP contribution in [0.2, 0.25) is 5.02 Å². The van der Waals surface area contributed by atoms with Gasteiger partial charge >= 0.3 is 0 Å². The number of rotatable bonds is 9. The van der Waals surface area contributed by atoms with E-state index < -0.39 is 0 Å². The molecule has 1 aliphatic carbocycles. The maximum absolute atomic E-state index is 6.13. The van der Waals surface area contributed by atoms with Crippen LogP contribution in [0.3, 0.4) is 0 Å². The molecule has 0 atom stereocenters. The minimum Gasteiger partial charge on any atom is -0.351 e. The van der Waals surface area contributed by atoms with Crippen molar-refractivity contribution in [3.05, 3.63) is 106 Å². The molecule has 0 bridgehead atoms. The molecule has 0 aliphatic heterocycles. The van der Waals surface area contributed by atoms with Crippen LogP contribution in [0.4, 0.5) is 17.8 Å². The summed E-state index contributed by atoms with van der Waals surface area (Å²) in [6.07, 6.45) is 1.90. The lowest BCUT2D eigenvalue weighted by Crippen LogP contribution is -2.22. The van der Waals surface area contributed by atoms with Crippen molar-refractivity contribution in [3.8, 4) is 0 Å². The molecule has 8 heteroatoms. The molecule has 4 aromatic rings. The van der Waals surface area contributed by atoms with Crippen molar-refractivity contribution >= 4 is 29.4 Å². The number of aromatic nitrogens is 3. The topological polar surface area (TPSA) is 101 Å². The second-order valence-electron chi connectivity index (χ2n) is 8.68. The highest BCUT2D eigenvalue weighted by Crippen LogP contribution is 2.24. The van der Waals surface area contributed by atoms with Crippen LogP contribution in [0, 0.1) is 0 Å². The number of nitrogens with one attached hydrogen (secondary N) is 3. The minimum absolute atomic E-state index is 0.243. The quantitative estimate of drug-likeness (QED) is 0.270. The van der Waals surface area contributed by atoms with E-state index in [9.17, 15) is 0 Å². The van der Waals surface area contributed by atoms with Crippen molar-refractivity contribution < 1.29 is 0 Å². The molecule has 7 nitrogen and oxygen atoms in total. The average molecular weight is 486 g/mol. The highest BCUT2D eigenvalue weighted by Gasteiger charge is 2.22. The van der Waals surface area contributed by atoms with Gasteiger partial charge in [0, 0.05) is 30.7 Å². The Morgan fingerprint density at radius 1 is 0.714 bits per heavy atom. The van der Waals surface area contributed by atoms with E-state index in [1.54, 1.807) is 0 Å². The Bertz CT molecular complexity index is 1270. The number of hydrogen-bond donors (Lipinski definition) is 4. The van der Waals surface area contributed by atoms with Crippen molar-refractivity contribution in [2.24, 2.45) is 5.73 Å². The fourth-order valence-electron chi connectivity index (χ4n) is 4.24. The van der Waals surface area contributed by atoms with Crippen LogP contribution in [0.25, 0.3) is 0 Å². The average Bonchev–Trinajstić information content (AvgIpc) is 3.29. The molecule has 1 aliphatic rings. The molecular weight excluding hydrogens is 458 g/mol. The van der Waals surface area contributed by atoms with Gasteiger partial charge in [-0.25, -0.2) is 0 Å². The number of anilines is 3. The van der Waals surface area contributed by atoms with E-state index >= 15 is 0 Å². The van der Waals surface area contributed by atoms with Crippen LogP contribution in [-0.2, 0) is 32.5 Å². The summed E-state index contributed by atoms with van der Waals surface area (Å²) in [6.45, 7) is 1.68. The number of benzene rings is 3. The molecule has 1 aromatic heterocycles. The van der Waals surface area contributed by atoms with Gasteiger partial charge in [-0.2, -0.15) is 15.0 Å². The molecule has 35 heavy (non-hydrogen) atoms. The van der Waals surface area contributed by atoms with Crippen molar-refractivity contribution in [1.29, 1.82) is 0 Å². The Balaban J connectivity index is 1.32. The van der Waals surface area contributed by atoms with E-state index in [0.29, 0.717) is 42.5 Å². The SMILES string of the molecule is NCc1ccc(CNc2nc(NCc3cccc(Cl)c3)nc(NC3Cc4ccccc4C3)n2)cc1. The second-order valence-corrected chi connectivity index (χ2v) is 9.12. The van der Waals surface area contributed by atoms with E-state index in [1.165, 1.54) is 11.1 Å². The highest BCUT2D eigenvalue weighted by molar-refractivity contribution is 6.30. The Labute approximate surface area is 210 Å². The first-order valence-electron chi connectivity index (χ1n) is 11.7. The fourth-order valence-corrected chi connectivity index (χ4v) is 4.46. The summed E-state index contributed by atoms with van der Waals surface area (Å²) >= 11 is 6.13. The first kappa shape index (κ1) is 23.1. The van der Waals surface area contributed by atoms with Crippen molar-refractivity contribution in [3.63, 3.8) is 0 Å². The van der Waals surface area contributed by atoms with E-state index in [4.69, 9.17) is 17.3 Å². The Morgan fingerprint density at radius 2 is 1.31 bits per heavy atom. The highest BCUT2D eigenvalue weighted by atomic mass is 35.5. The van der Waals surface area contributed by atoms with E-state index in [0.717, 1.165) is 29.5 Å². The summed E-state index contributed by atoms with van der Waals surface area (Å²) in [7, 11) is 0. The molecule has 0 spiro atoms. The maximum Gasteiger partial charge on any atom is 0.229 e. The number of nitrogens with two attached hydrogens (primary N) is 1. The van der Waals surface area contributed by atoms with Crippen LogP contribution in [0.5, 0.6) is 0 Å². The Kier molecular flexibility index (Phi) is 7.07. The Morgan fingerprint density at radius 3 is 1.94 bits per heavy atom. The third-order valence-corrected chi connectivity index (χ3v) is 6.30. The van der Waals surface area contributed by atoms with E-state index in [-0.39, 0.29) is 6.04 Å². The van der Waals surface area contributed by atoms with Gasteiger partial charge in [-0.1, -0.05) is 72.3 Å². The zero-order valence-corrected chi connectivity index (χ0v) is 20.1. The van der Waals surface area contributed by atoms with Crippen molar-refractivity contribution in [2.75, 3.05) is 16.0 Å². The Hall–Kier alpha value is -3.68. The van der Waals surface area contributed by atoms with Gasteiger partial charge in [-0.15, -0.1) is 0 Å². The maximum atomic E-state index is 6.13. The minimum atomic E-state index is 0.243. The lowest BCUT2D eigenvalue weighted by molar-refractivity contribution is 0.759. The lowest BCUT2D eigenvalue weighted by atomic mass is 10.1. The van der Waals surface area contributed by atoms with Gasteiger partial charge in [0.15, 0.2) is 0 Å². The van der Waals surface area contributed by atoms with Gasteiger partial charge in [-0.05, 0) is 52.8 Å². The van der Waals surface area contributed by atoms with Crippen LogP contribution in [-0.4, -0.2) is 21.0 Å². The predicted octanol–water partition coefficient (Wildman–Crippen LogP) is 4.79. The molecule has 178 valence electrons. The second kappa shape index (κ2) is 10.7. The summed E-state index contributed by atoms with van der Waals surface area (Å²) in [5.41, 5.74) is 11.7. The summed E-state index contributed by atoms with van der Waals surface area (Å²) in [5, 5.41) is 10.9. The molecule has 0 unspecified atom stereocenters. The van der Waals surface area contributed by atoms with E-state index in [1.807, 2.05) is 36.4 Å². The zero-order chi connectivity index (χ0) is 24.0. The fraction of sp³-hybridized carbons (Fsp3) is 0.222. The van der Waals surface area contributed by atoms with Crippen LogP contribution in [0.1, 0.15) is 27.8 Å². The number of halogens is 1. The van der Waals surface area contributed by atoms with Crippen molar-refractivity contribution in [1.82, 2.24) is 15.0 Å². The first-order chi connectivity index (χ1) is 17.1. The summed E-state index contributed by atoms with van der Waals surface area (Å²) < 4.78 is 0. The van der Waals surface area contributed by atoms with Gasteiger partial charge in [0.1, 0.15) is 0 Å². The molecule has 0 saturated heterocycles. The normalized spacial score (nSPS) is 12.9. The molecule has 0 saturated carbocycles. The van der Waals surface area contributed by atoms with Gasteiger partial charge in [0.2, 0.25) is 17.8 Å². The third kappa shape index (κ3) is 6.07. The summed E-state index contributed by atoms with van der Waals surface area (Å²) in [5.74, 6) is 1.56. The first-order valence-corrected chi connectivity index (χ1v) is 12.1. The summed E-state index contributed by atoms with van der Waals surface area (Å²) in [6, 6.07) is 24.7. The molecular formula is C27H28ClN7. The van der Waals surface area contributed by atoms with Crippen LogP contribution >= 0.6 is 11.6 Å². The monoisotopic (exact) mass is 485 g/mol.